The Labute approximate surface area is 104 Å². The van der Waals surface area contributed by atoms with Crippen molar-refractivity contribution in [2.24, 2.45) is 5.92 Å². The molecule has 0 aliphatic carbocycles. The predicted octanol–water partition coefficient (Wildman–Crippen LogP) is 1.60. The Bertz CT molecular complexity index is 266. The lowest BCUT2D eigenvalue weighted by Gasteiger charge is -2.27. The summed E-state index contributed by atoms with van der Waals surface area (Å²) in [6.07, 6.45) is 7.01. The minimum absolute atomic E-state index is 0.0142. The molecular formula is C13H24N2O2. The van der Waals surface area contributed by atoms with Crippen LogP contribution < -0.4 is 10.6 Å². The summed E-state index contributed by atoms with van der Waals surface area (Å²) in [5.74, 6) is -0.0288. The number of rotatable bonds is 8. The van der Waals surface area contributed by atoms with Crippen molar-refractivity contribution in [3.8, 4) is 0 Å². The van der Waals surface area contributed by atoms with Crippen molar-refractivity contribution in [2.75, 3.05) is 6.54 Å². The van der Waals surface area contributed by atoms with Crippen LogP contribution in [0, 0.1) is 5.92 Å². The van der Waals surface area contributed by atoms with Crippen LogP contribution >= 0.6 is 0 Å². The third kappa shape index (κ3) is 4.75. The third-order valence-corrected chi connectivity index (χ3v) is 3.30. The standard InChI is InChI=1S/C13H24N2O2/c1-3-4-5-6-7-8-10(2)12(16)15-11-9-14-13(11)17/h10-11H,3-9H2,1-2H3,(H,14,17)(H,15,16)/t10-,11-/m0/s1. The minimum atomic E-state index is -0.287. The van der Waals surface area contributed by atoms with E-state index in [1.54, 1.807) is 0 Å². The maximum atomic E-state index is 11.7. The topological polar surface area (TPSA) is 58.2 Å². The molecule has 1 aliphatic rings. The molecule has 0 aromatic carbocycles. The summed E-state index contributed by atoms with van der Waals surface area (Å²) in [5, 5.41) is 5.38. The molecule has 98 valence electrons. The highest BCUT2D eigenvalue weighted by atomic mass is 16.2. The number of hydrogen-bond donors (Lipinski definition) is 2. The van der Waals surface area contributed by atoms with Gasteiger partial charge in [0.1, 0.15) is 6.04 Å². The molecule has 17 heavy (non-hydrogen) atoms. The summed E-state index contributed by atoms with van der Waals surface area (Å²) in [6, 6.07) is -0.287. The van der Waals surface area contributed by atoms with E-state index in [4.69, 9.17) is 0 Å². The Balaban J connectivity index is 2.07. The third-order valence-electron chi connectivity index (χ3n) is 3.30. The van der Waals surface area contributed by atoms with Gasteiger partial charge in [-0.1, -0.05) is 46.0 Å². The van der Waals surface area contributed by atoms with E-state index in [0.29, 0.717) is 6.54 Å². The van der Waals surface area contributed by atoms with Gasteiger partial charge in [-0.25, -0.2) is 0 Å². The van der Waals surface area contributed by atoms with Crippen LogP contribution in [0.25, 0.3) is 0 Å². The van der Waals surface area contributed by atoms with Gasteiger partial charge in [0, 0.05) is 12.5 Å². The predicted molar refractivity (Wildman–Crippen MR) is 67.5 cm³/mol. The molecule has 2 atom stereocenters. The van der Waals surface area contributed by atoms with Crippen LogP contribution in [0.3, 0.4) is 0 Å². The van der Waals surface area contributed by atoms with Crippen LogP contribution in [-0.4, -0.2) is 24.4 Å². The molecule has 4 heteroatoms. The molecule has 1 saturated heterocycles. The zero-order valence-electron chi connectivity index (χ0n) is 10.9. The highest BCUT2D eigenvalue weighted by Crippen LogP contribution is 2.12. The SMILES string of the molecule is CCCCCCC[C@H](C)C(=O)N[C@H]1CNC1=O. The van der Waals surface area contributed by atoms with Gasteiger partial charge >= 0.3 is 0 Å². The van der Waals surface area contributed by atoms with Crippen molar-refractivity contribution in [3.05, 3.63) is 0 Å². The first-order chi connectivity index (χ1) is 8.15. The molecule has 2 amide bonds. The van der Waals surface area contributed by atoms with Gasteiger partial charge in [-0.05, 0) is 6.42 Å². The van der Waals surface area contributed by atoms with Gasteiger partial charge in [0.2, 0.25) is 11.8 Å². The molecule has 4 nitrogen and oxygen atoms in total. The van der Waals surface area contributed by atoms with Gasteiger partial charge in [-0.15, -0.1) is 0 Å². The lowest BCUT2D eigenvalue weighted by Crippen LogP contribution is -2.62. The van der Waals surface area contributed by atoms with Gasteiger partial charge in [-0.2, -0.15) is 0 Å². The summed E-state index contributed by atoms with van der Waals surface area (Å²) in [5.41, 5.74) is 0. The quantitative estimate of drug-likeness (QED) is 0.500. The van der Waals surface area contributed by atoms with Crippen LogP contribution in [-0.2, 0) is 9.59 Å². The highest BCUT2D eigenvalue weighted by Gasteiger charge is 2.29. The maximum Gasteiger partial charge on any atom is 0.244 e. The molecule has 1 heterocycles. The number of hydrogen-bond acceptors (Lipinski definition) is 2. The van der Waals surface area contributed by atoms with Gasteiger partial charge in [0.05, 0.1) is 0 Å². The van der Waals surface area contributed by atoms with Gasteiger partial charge < -0.3 is 10.6 Å². The minimum Gasteiger partial charge on any atom is -0.352 e. The van der Waals surface area contributed by atoms with Crippen molar-refractivity contribution in [1.29, 1.82) is 0 Å². The van der Waals surface area contributed by atoms with E-state index in [2.05, 4.69) is 17.6 Å². The van der Waals surface area contributed by atoms with E-state index in [0.717, 1.165) is 12.8 Å². The second kappa shape index (κ2) is 7.30. The summed E-state index contributed by atoms with van der Waals surface area (Å²) in [6.45, 7) is 4.71. The van der Waals surface area contributed by atoms with Crippen LogP contribution in [0.15, 0.2) is 0 Å². The van der Waals surface area contributed by atoms with E-state index < -0.39 is 0 Å². The maximum absolute atomic E-state index is 11.7. The van der Waals surface area contributed by atoms with Crippen LogP contribution in [0.4, 0.5) is 0 Å². The Kier molecular flexibility index (Phi) is 6.01. The number of β-lactam (4-membered cyclic amide) rings is 1. The monoisotopic (exact) mass is 240 g/mol. The summed E-state index contributed by atoms with van der Waals surface area (Å²) >= 11 is 0. The molecule has 0 aromatic rings. The normalized spacial score (nSPS) is 20.4. The summed E-state index contributed by atoms with van der Waals surface area (Å²) in [4.78, 5) is 22.7. The van der Waals surface area contributed by atoms with E-state index in [1.807, 2.05) is 6.92 Å². The van der Waals surface area contributed by atoms with Crippen molar-refractivity contribution in [1.82, 2.24) is 10.6 Å². The lowest BCUT2D eigenvalue weighted by atomic mass is 10.0. The second-order valence-electron chi connectivity index (χ2n) is 4.91. The largest absolute Gasteiger partial charge is 0.352 e. The van der Waals surface area contributed by atoms with Gasteiger partial charge in [0.25, 0.3) is 0 Å². The lowest BCUT2D eigenvalue weighted by molar-refractivity contribution is -0.134. The highest BCUT2D eigenvalue weighted by molar-refractivity contribution is 5.92. The zero-order valence-corrected chi connectivity index (χ0v) is 10.9. The molecule has 1 rings (SSSR count). The first-order valence-corrected chi connectivity index (χ1v) is 6.73. The Hall–Kier alpha value is -1.06. The molecule has 1 fully saturated rings. The first-order valence-electron chi connectivity index (χ1n) is 6.73. The fraction of sp³-hybridized carbons (Fsp3) is 0.846. The molecule has 0 saturated carbocycles. The Morgan fingerprint density at radius 3 is 2.65 bits per heavy atom. The van der Waals surface area contributed by atoms with E-state index >= 15 is 0 Å². The molecule has 2 N–H and O–H groups in total. The molecule has 0 bridgehead atoms. The molecule has 1 aliphatic heterocycles. The van der Waals surface area contributed by atoms with Gasteiger partial charge in [-0.3, -0.25) is 9.59 Å². The van der Waals surface area contributed by atoms with Crippen molar-refractivity contribution < 1.29 is 9.59 Å². The molecule has 0 spiro atoms. The smallest absolute Gasteiger partial charge is 0.244 e. The fourth-order valence-electron chi connectivity index (χ4n) is 1.90. The van der Waals surface area contributed by atoms with Crippen LogP contribution in [0.1, 0.15) is 52.4 Å². The van der Waals surface area contributed by atoms with Gasteiger partial charge in [0.15, 0.2) is 0 Å². The van der Waals surface area contributed by atoms with E-state index in [-0.39, 0.29) is 23.8 Å². The van der Waals surface area contributed by atoms with Crippen LogP contribution in [0.5, 0.6) is 0 Å². The zero-order chi connectivity index (χ0) is 12.7. The number of amides is 2. The number of nitrogens with one attached hydrogen (secondary N) is 2. The summed E-state index contributed by atoms with van der Waals surface area (Å²) < 4.78 is 0. The number of unbranched alkanes of at least 4 members (excludes halogenated alkanes) is 4. The average molecular weight is 240 g/mol. The Morgan fingerprint density at radius 1 is 1.41 bits per heavy atom. The molecule has 0 radical (unpaired) electrons. The van der Waals surface area contributed by atoms with E-state index in [9.17, 15) is 9.59 Å². The summed E-state index contributed by atoms with van der Waals surface area (Å²) in [7, 11) is 0. The molecule has 0 unspecified atom stereocenters. The van der Waals surface area contributed by atoms with Crippen molar-refractivity contribution in [3.63, 3.8) is 0 Å². The fourth-order valence-corrected chi connectivity index (χ4v) is 1.90. The second-order valence-corrected chi connectivity index (χ2v) is 4.91. The first kappa shape index (κ1) is 14.0. The van der Waals surface area contributed by atoms with Crippen molar-refractivity contribution in [2.45, 2.75) is 58.4 Å². The average Bonchev–Trinajstić information content (AvgIpc) is 2.33. The molecular weight excluding hydrogens is 216 g/mol. The van der Waals surface area contributed by atoms with Crippen molar-refractivity contribution >= 4 is 11.8 Å². The molecule has 0 aromatic heterocycles. The number of carbonyl (C=O) groups excluding carboxylic acids is 2. The Morgan fingerprint density at radius 2 is 2.12 bits per heavy atom. The van der Waals surface area contributed by atoms with E-state index in [1.165, 1.54) is 25.7 Å². The van der Waals surface area contributed by atoms with Crippen LogP contribution in [0.2, 0.25) is 0 Å². The number of carbonyl (C=O) groups is 2.